The predicted molar refractivity (Wildman–Crippen MR) is 101 cm³/mol. The van der Waals surface area contributed by atoms with E-state index < -0.39 is 0 Å². The van der Waals surface area contributed by atoms with Crippen LogP contribution in [0.5, 0.6) is 0 Å². The van der Waals surface area contributed by atoms with Gasteiger partial charge in [-0.05, 0) is 53.5 Å². The molecule has 0 radical (unpaired) electrons. The largest absolute Gasteiger partial charge is 0.462 e. The summed E-state index contributed by atoms with van der Waals surface area (Å²) in [6, 6.07) is 17.9. The predicted octanol–water partition coefficient (Wildman–Crippen LogP) is 3.51. The molecular formula is C21H23NO3. The van der Waals surface area contributed by atoms with E-state index in [2.05, 4.69) is 11.4 Å². The number of carbonyl (C=O) groups excluding carboxylic acids is 1. The molecule has 4 heteroatoms. The fourth-order valence-electron chi connectivity index (χ4n) is 3.00. The SMILES string of the molecule is O=C(OCCCNCCCO)c1c2ccccc2cc2ccccc12. The number of hydrogen-bond acceptors (Lipinski definition) is 4. The van der Waals surface area contributed by atoms with E-state index in [1.54, 1.807) is 0 Å². The van der Waals surface area contributed by atoms with Crippen molar-refractivity contribution in [3.63, 3.8) is 0 Å². The summed E-state index contributed by atoms with van der Waals surface area (Å²) in [6.45, 7) is 2.11. The summed E-state index contributed by atoms with van der Waals surface area (Å²) < 4.78 is 5.52. The van der Waals surface area contributed by atoms with Crippen LogP contribution in [0.4, 0.5) is 0 Å². The zero-order chi connectivity index (χ0) is 17.5. The summed E-state index contributed by atoms with van der Waals surface area (Å²) in [7, 11) is 0. The van der Waals surface area contributed by atoms with Crippen molar-refractivity contribution >= 4 is 27.5 Å². The van der Waals surface area contributed by atoms with E-state index >= 15 is 0 Å². The average molecular weight is 337 g/mol. The highest BCUT2D eigenvalue weighted by Crippen LogP contribution is 2.29. The Balaban J connectivity index is 1.75. The Bertz CT molecular complexity index is 806. The van der Waals surface area contributed by atoms with Crippen LogP contribution in [0.25, 0.3) is 21.5 Å². The van der Waals surface area contributed by atoms with E-state index in [0.717, 1.165) is 47.5 Å². The molecule has 0 aliphatic rings. The van der Waals surface area contributed by atoms with Gasteiger partial charge in [-0.3, -0.25) is 0 Å². The lowest BCUT2D eigenvalue weighted by atomic mass is 9.97. The van der Waals surface area contributed by atoms with E-state index in [0.29, 0.717) is 12.2 Å². The van der Waals surface area contributed by atoms with Crippen LogP contribution in [0.2, 0.25) is 0 Å². The zero-order valence-electron chi connectivity index (χ0n) is 14.2. The summed E-state index contributed by atoms with van der Waals surface area (Å²) in [5.74, 6) is -0.275. The van der Waals surface area contributed by atoms with Crippen molar-refractivity contribution in [1.82, 2.24) is 5.32 Å². The number of hydrogen-bond donors (Lipinski definition) is 2. The number of benzene rings is 3. The number of fused-ring (bicyclic) bond motifs is 2. The van der Waals surface area contributed by atoms with Crippen molar-refractivity contribution < 1.29 is 14.6 Å². The fraction of sp³-hybridized carbons (Fsp3) is 0.286. The molecule has 0 heterocycles. The van der Waals surface area contributed by atoms with Gasteiger partial charge in [0.05, 0.1) is 12.2 Å². The number of rotatable bonds is 8. The van der Waals surface area contributed by atoms with Crippen molar-refractivity contribution in [2.75, 3.05) is 26.3 Å². The second-order valence-electron chi connectivity index (χ2n) is 6.01. The van der Waals surface area contributed by atoms with Crippen LogP contribution in [-0.2, 0) is 4.74 Å². The lowest BCUT2D eigenvalue weighted by Crippen LogP contribution is -2.19. The summed E-state index contributed by atoms with van der Waals surface area (Å²) in [6.07, 6.45) is 1.49. The first-order valence-corrected chi connectivity index (χ1v) is 8.70. The summed E-state index contributed by atoms with van der Waals surface area (Å²) in [5.41, 5.74) is 0.641. The molecule has 3 aromatic rings. The first-order valence-electron chi connectivity index (χ1n) is 8.70. The van der Waals surface area contributed by atoms with Gasteiger partial charge in [-0.1, -0.05) is 48.5 Å². The van der Waals surface area contributed by atoms with Crippen LogP contribution in [0.15, 0.2) is 54.6 Å². The molecule has 0 aromatic heterocycles. The molecule has 3 rings (SSSR count). The van der Waals surface area contributed by atoms with Crippen LogP contribution in [-0.4, -0.2) is 37.4 Å². The van der Waals surface area contributed by atoms with Gasteiger partial charge in [0, 0.05) is 6.61 Å². The molecule has 0 saturated carbocycles. The first kappa shape index (κ1) is 17.4. The van der Waals surface area contributed by atoms with Crippen molar-refractivity contribution in [1.29, 1.82) is 0 Å². The van der Waals surface area contributed by atoms with Crippen LogP contribution < -0.4 is 5.32 Å². The molecule has 0 unspecified atom stereocenters. The lowest BCUT2D eigenvalue weighted by molar-refractivity contribution is 0.0505. The van der Waals surface area contributed by atoms with Gasteiger partial charge < -0.3 is 15.2 Å². The van der Waals surface area contributed by atoms with Gasteiger partial charge in [0.2, 0.25) is 0 Å². The minimum Gasteiger partial charge on any atom is -0.462 e. The maximum Gasteiger partial charge on any atom is 0.339 e. The monoisotopic (exact) mass is 337 g/mol. The van der Waals surface area contributed by atoms with Crippen molar-refractivity contribution in [3.8, 4) is 0 Å². The first-order chi connectivity index (χ1) is 12.3. The van der Waals surface area contributed by atoms with Gasteiger partial charge in [-0.15, -0.1) is 0 Å². The Labute approximate surface area is 147 Å². The lowest BCUT2D eigenvalue weighted by Gasteiger charge is -2.11. The molecule has 0 fully saturated rings. The highest BCUT2D eigenvalue weighted by atomic mass is 16.5. The summed E-state index contributed by atoms with van der Waals surface area (Å²) in [4.78, 5) is 12.7. The van der Waals surface area contributed by atoms with Crippen LogP contribution in [0, 0.1) is 0 Å². The number of esters is 1. The number of carbonyl (C=O) groups is 1. The zero-order valence-corrected chi connectivity index (χ0v) is 14.2. The fourth-order valence-corrected chi connectivity index (χ4v) is 3.00. The molecule has 0 spiro atoms. The highest BCUT2D eigenvalue weighted by Gasteiger charge is 2.15. The normalized spacial score (nSPS) is 11.1. The molecule has 2 N–H and O–H groups in total. The molecule has 0 saturated heterocycles. The standard InChI is InChI=1S/C21H23NO3/c23-13-5-11-22-12-6-14-25-21(24)20-18-9-3-1-7-16(18)15-17-8-2-4-10-19(17)20/h1-4,7-10,15,22-23H,5-6,11-14H2. The van der Waals surface area contributed by atoms with Crippen LogP contribution in [0.3, 0.4) is 0 Å². The molecule has 3 aromatic carbocycles. The second kappa shape index (κ2) is 8.60. The Morgan fingerprint density at radius 3 is 2.16 bits per heavy atom. The second-order valence-corrected chi connectivity index (χ2v) is 6.01. The molecular weight excluding hydrogens is 314 g/mol. The maximum atomic E-state index is 12.7. The molecule has 0 amide bonds. The van der Waals surface area contributed by atoms with E-state index in [1.807, 2.05) is 48.5 Å². The Hall–Kier alpha value is -2.43. The molecule has 0 aliphatic heterocycles. The van der Waals surface area contributed by atoms with Gasteiger partial charge >= 0.3 is 5.97 Å². The third-order valence-corrected chi connectivity index (χ3v) is 4.22. The molecule has 130 valence electrons. The summed E-state index contributed by atoms with van der Waals surface area (Å²) >= 11 is 0. The number of nitrogens with one attached hydrogen (secondary N) is 1. The van der Waals surface area contributed by atoms with Crippen LogP contribution >= 0.6 is 0 Å². The van der Waals surface area contributed by atoms with Crippen molar-refractivity contribution in [2.45, 2.75) is 12.8 Å². The van der Waals surface area contributed by atoms with Gasteiger partial charge in [0.15, 0.2) is 0 Å². The van der Waals surface area contributed by atoms with Gasteiger partial charge in [0.1, 0.15) is 0 Å². The van der Waals surface area contributed by atoms with E-state index in [9.17, 15) is 4.79 Å². The Kier molecular flexibility index (Phi) is 5.99. The highest BCUT2D eigenvalue weighted by molar-refractivity contribution is 6.16. The van der Waals surface area contributed by atoms with Crippen LogP contribution in [0.1, 0.15) is 23.2 Å². The third-order valence-electron chi connectivity index (χ3n) is 4.22. The van der Waals surface area contributed by atoms with Crippen molar-refractivity contribution in [2.24, 2.45) is 0 Å². The number of aliphatic hydroxyl groups excluding tert-OH is 1. The Morgan fingerprint density at radius 2 is 1.52 bits per heavy atom. The molecule has 0 bridgehead atoms. The topological polar surface area (TPSA) is 58.6 Å². The molecule has 0 aliphatic carbocycles. The third kappa shape index (κ3) is 4.16. The van der Waals surface area contributed by atoms with E-state index in [4.69, 9.17) is 9.84 Å². The number of ether oxygens (including phenoxy) is 1. The smallest absolute Gasteiger partial charge is 0.339 e. The van der Waals surface area contributed by atoms with Crippen molar-refractivity contribution in [3.05, 3.63) is 60.2 Å². The molecule has 0 atom stereocenters. The Morgan fingerprint density at radius 1 is 0.920 bits per heavy atom. The van der Waals surface area contributed by atoms with E-state index in [1.165, 1.54) is 0 Å². The minimum atomic E-state index is -0.275. The van der Waals surface area contributed by atoms with Gasteiger partial charge in [-0.2, -0.15) is 0 Å². The van der Waals surface area contributed by atoms with E-state index in [-0.39, 0.29) is 12.6 Å². The average Bonchev–Trinajstić information content (AvgIpc) is 2.65. The molecule has 25 heavy (non-hydrogen) atoms. The van der Waals surface area contributed by atoms with Gasteiger partial charge in [0.25, 0.3) is 0 Å². The quantitative estimate of drug-likeness (QED) is 0.375. The van der Waals surface area contributed by atoms with Gasteiger partial charge in [-0.25, -0.2) is 4.79 Å². The molecule has 4 nitrogen and oxygen atoms in total. The number of aliphatic hydroxyl groups is 1. The summed E-state index contributed by atoms with van der Waals surface area (Å²) in [5, 5.41) is 15.9. The minimum absolute atomic E-state index is 0.191. The maximum absolute atomic E-state index is 12.7.